The van der Waals surface area contributed by atoms with E-state index in [0.717, 1.165) is 17.9 Å². The fraction of sp³-hybridized carbons (Fsp3) is 0.692. The van der Waals surface area contributed by atoms with Crippen LogP contribution in [0.15, 0.2) is 16.6 Å². The van der Waals surface area contributed by atoms with Crippen molar-refractivity contribution >= 4 is 17.2 Å². The summed E-state index contributed by atoms with van der Waals surface area (Å²) in [5.74, 6) is 1.12. The second-order valence-corrected chi connectivity index (χ2v) is 5.94. The highest BCUT2D eigenvalue weighted by atomic mass is 32.1. The van der Waals surface area contributed by atoms with Crippen LogP contribution in [0.1, 0.15) is 26.2 Å². The smallest absolute Gasteiger partial charge is 0.248 e. The molecule has 1 aromatic heterocycles. The molecule has 1 aliphatic heterocycles. The van der Waals surface area contributed by atoms with Gasteiger partial charge in [-0.1, -0.05) is 6.92 Å². The van der Waals surface area contributed by atoms with Crippen molar-refractivity contribution in [2.45, 2.75) is 26.2 Å². The maximum Gasteiger partial charge on any atom is 0.248 e. The lowest BCUT2D eigenvalue weighted by Gasteiger charge is -2.27. The van der Waals surface area contributed by atoms with Crippen LogP contribution in [0, 0.1) is 11.8 Å². The van der Waals surface area contributed by atoms with Gasteiger partial charge in [-0.05, 0) is 37.8 Å². The SMILES string of the molecule is CC(CC(=O)N=c1sccn1C)C1CCNCC1. The molecule has 1 unspecified atom stereocenters. The number of aromatic nitrogens is 1. The van der Waals surface area contributed by atoms with Crippen LogP contribution in [-0.2, 0) is 11.8 Å². The second-order valence-electron chi connectivity index (χ2n) is 5.07. The number of thiazole rings is 1. The Morgan fingerprint density at radius 2 is 2.33 bits per heavy atom. The Morgan fingerprint density at radius 3 is 2.94 bits per heavy atom. The fourth-order valence-corrected chi connectivity index (χ4v) is 3.19. The molecule has 0 aromatic carbocycles. The van der Waals surface area contributed by atoms with Gasteiger partial charge in [0.2, 0.25) is 5.91 Å². The molecule has 1 N–H and O–H groups in total. The molecule has 4 nitrogen and oxygen atoms in total. The summed E-state index contributed by atoms with van der Waals surface area (Å²) in [6.45, 7) is 4.35. The number of nitrogens with zero attached hydrogens (tertiary/aromatic N) is 2. The van der Waals surface area contributed by atoms with Gasteiger partial charge in [0.15, 0.2) is 4.80 Å². The number of carbonyl (C=O) groups is 1. The zero-order chi connectivity index (χ0) is 13.0. The summed E-state index contributed by atoms with van der Waals surface area (Å²) in [4.78, 5) is 16.9. The average molecular weight is 267 g/mol. The predicted molar refractivity (Wildman–Crippen MR) is 73.2 cm³/mol. The summed E-state index contributed by atoms with van der Waals surface area (Å²) in [6, 6.07) is 0. The largest absolute Gasteiger partial charge is 0.327 e. The van der Waals surface area contributed by atoms with Gasteiger partial charge in [0.25, 0.3) is 0 Å². The van der Waals surface area contributed by atoms with E-state index in [1.54, 1.807) is 0 Å². The highest BCUT2D eigenvalue weighted by Crippen LogP contribution is 2.24. The third kappa shape index (κ3) is 3.53. The van der Waals surface area contributed by atoms with Gasteiger partial charge in [-0.25, -0.2) is 0 Å². The van der Waals surface area contributed by atoms with Crippen molar-refractivity contribution in [3.05, 3.63) is 16.4 Å². The molecule has 1 atom stereocenters. The van der Waals surface area contributed by atoms with E-state index in [9.17, 15) is 4.79 Å². The summed E-state index contributed by atoms with van der Waals surface area (Å²) in [5.41, 5.74) is 0. The van der Waals surface area contributed by atoms with Crippen LogP contribution in [0.25, 0.3) is 0 Å². The Kier molecular flexibility index (Phi) is 4.72. The van der Waals surface area contributed by atoms with Crippen molar-refractivity contribution in [2.24, 2.45) is 23.9 Å². The van der Waals surface area contributed by atoms with Crippen molar-refractivity contribution in [1.29, 1.82) is 0 Å². The highest BCUT2D eigenvalue weighted by molar-refractivity contribution is 7.07. The zero-order valence-corrected chi connectivity index (χ0v) is 11.9. The van der Waals surface area contributed by atoms with Gasteiger partial charge >= 0.3 is 0 Å². The molecular formula is C13H21N3OS. The Hall–Kier alpha value is -0.940. The van der Waals surface area contributed by atoms with Gasteiger partial charge in [0.1, 0.15) is 0 Å². The number of nitrogens with one attached hydrogen (secondary N) is 1. The molecule has 0 saturated carbocycles. The molecule has 5 heteroatoms. The van der Waals surface area contributed by atoms with Gasteiger partial charge in [-0.3, -0.25) is 4.79 Å². The molecule has 2 rings (SSSR count). The second kappa shape index (κ2) is 6.29. The summed E-state index contributed by atoms with van der Waals surface area (Å²) in [7, 11) is 1.92. The first-order valence-electron chi connectivity index (χ1n) is 6.55. The van der Waals surface area contributed by atoms with Gasteiger partial charge < -0.3 is 9.88 Å². The Labute approximate surface area is 112 Å². The van der Waals surface area contributed by atoms with E-state index in [2.05, 4.69) is 17.2 Å². The van der Waals surface area contributed by atoms with Gasteiger partial charge in [0.05, 0.1) is 0 Å². The van der Waals surface area contributed by atoms with Crippen molar-refractivity contribution in [3.63, 3.8) is 0 Å². The highest BCUT2D eigenvalue weighted by Gasteiger charge is 2.21. The molecule has 1 aliphatic rings. The molecule has 0 radical (unpaired) electrons. The lowest BCUT2D eigenvalue weighted by molar-refractivity contribution is -0.119. The van der Waals surface area contributed by atoms with E-state index in [-0.39, 0.29) is 5.91 Å². The maximum absolute atomic E-state index is 11.9. The number of aryl methyl sites for hydroxylation is 1. The van der Waals surface area contributed by atoms with E-state index >= 15 is 0 Å². The number of rotatable bonds is 3. The first-order valence-corrected chi connectivity index (χ1v) is 7.43. The number of hydrogen-bond donors (Lipinski definition) is 1. The summed E-state index contributed by atoms with van der Waals surface area (Å²) in [6.07, 6.45) is 4.86. The van der Waals surface area contributed by atoms with Gasteiger partial charge in [-0.2, -0.15) is 4.99 Å². The van der Waals surface area contributed by atoms with Crippen LogP contribution in [0.5, 0.6) is 0 Å². The lowest BCUT2D eigenvalue weighted by Crippen LogP contribution is -2.31. The molecule has 0 spiro atoms. The van der Waals surface area contributed by atoms with Crippen molar-refractivity contribution in [2.75, 3.05) is 13.1 Å². The first-order chi connectivity index (χ1) is 8.66. The zero-order valence-electron chi connectivity index (χ0n) is 11.1. The molecule has 0 bridgehead atoms. The van der Waals surface area contributed by atoms with Crippen LogP contribution < -0.4 is 10.1 Å². The van der Waals surface area contributed by atoms with Crippen LogP contribution in [-0.4, -0.2) is 23.6 Å². The summed E-state index contributed by atoms with van der Waals surface area (Å²) >= 11 is 1.51. The quantitative estimate of drug-likeness (QED) is 0.903. The number of hydrogen-bond acceptors (Lipinski definition) is 3. The van der Waals surface area contributed by atoms with E-state index in [0.29, 0.717) is 18.3 Å². The van der Waals surface area contributed by atoms with E-state index in [4.69, 9.17) is 0 Å². The molecule has 1 amide bonds. The normalized spacial score (nSPS) is 20.0. The van der Waals surface area contributed by atoms with Crippen LogP contribution in [0.3, 0.4) is 0 Å². The molecule has 18 heavy (non-hydrogen) atoms. The number of piperidine rings is 1. The van der Waals surface area contributed by atoms with Crippen molar-refractivity contribution in [3.8, 4) is 0 Å². The molecule has 100 valence electrons. The predicted octanol–water partition coefficient (Wildman–Crippen LogP) is 1.54. The Morgan fingerprint density at radius 1 is 1.61 bits per heavy atom. The van der Waals surface area contributed by atoms with Crippen molar-refractivity contribution < 1.29 is 4.79 Å². The van der Waals surface area contributed by atoms with Crippen LogP contribution >= 0.6 is 11.3 Å². The monoisotopic (exact) mass is 267 g/mol. The standard InChI is InChI=1S/C13H21N3OS/c1-10(11-3-5-14-6-4-11)9-12(17)15-13-16(2)7-8-18-13/h7-8,10-11,14H,3-6,9H2,1-2H3. The summed E-state index contributed by atoms with van der Waals surface area (Å²) in [5, 5.41) is 5.30. The van der Waals surface area contributed by atoms with Gasteiger partial charge in [0, 0.05) is 25.0 Å². The van der Waals surface area contributed by atoms with Crippen LogP contribution in [0.4, 0.5) is 0 Å². The molecule has 1 aromatic rings. The Balaban J connectivity index is 1.93. The van der Waals surface area contributed by atoms with Crippen LogP contribution in [0.2, 0.25) is 0 Å². The first kappa shape index (κ1) is 13.5. The molecule has 0 aliphatic carbocycles. The van der Waals surface area contributed by atoms with E-state index < -0.39 is 0 Å². The minimum absolute atomic E-state index is 0.0130. The maximum atomic E-state index is 11.9. The van der Waals surface area contributed by atoms with Crippen molar-refractivity contribution in [1.82, 2.24) is 9.88 Å². The molecule has 1 fully saturated rings. The Bertz CT molecular complexity index is 457. The van der Waals surface area contributed by atoms with Gasteiger partial charge in [-0.15, -0.1) is 11.3 Å². The number of carbonyl (C=O) groups excluding carboxylic acids is 1. The molecule has 1 saturated heterocycles. The third-order valence-electron chi connectivity index (χ3n) is 3.67. The average Bonchev–Trinajstić information content (AvgIpc) is 2.76. The number of amides is 1. The molecular weight excluding hydrogens is 246 g/mol. The lowest BCUT2D eigenvalue weighted by atomic mass is 9.84. The third-order valence-corrected chi connectivity index (χ3v) is 4.51. The fourth-order valence-electron chi connectivity index (χ4n) is 2.44. The van der Waals surface area contributed by atoms with E-state index in [1.165, 1.54) is 24.2 Å². The minimum atomic E-state index is 0.0130. The minimum Gasteiger partial charge on any atom is -0.327 e. The molecule has 2 heterocycles. The van der Waals surface area contributed by atoms with E-state index in [1.807, 2.05) is 23.2 Å². The topological polar surface area (TPSA) is 46.4 Å². The summed E-state index contributed by atoms with van der Waals surface area (Å²) < 4.78 is 1.89.